The third kappa shape index (κ3) is 4.69. The van der Waals surface area contributed by atoms with Crippen molar-refractivity contribution in [1.29, 1.82) is 0 Å². The van der Waals surface area contributed by atoms with Crippen molar-refractivity contribution in [2.45, 2.75) is 24.3 Å². The van der Waals surface area contributed by atoms with Crippen molar-refractivity contribution in [1.82, 2.24) is 23.9 Å². The standard InChI is InChI=1S/C20H22ClFN6O3S/c1-26-12-16(9-23-26)32(30,31)28-8-4-6-15(11-28)20(29)24-19-17(21)13-27(25-19)10-14-5-2-3-7-18(14)22/h2-3,5,7,9,12-13,15H,4,6,8,10-11H2,1H3,(H,24,25,29). The number of carbonyl (C=O) groups excluding carboxylic acids is 1. The lowest BCUT2D eigenvalue weighted by Gasteiger charge is -2.30. The van der Waals surface area contributed by atoms with Gasteiger partial charge in [-0.05, 0) is 18.9 Å². The zero-order chi connectivity index (χ0) is 22.9. The number of aryl methyl sites for hydroxylation is 1. The van der Waals surface area contributed by atoms with E-state index in [0.29, 0.717) is 24.9 Å². The Labute approximate surface area is 189 Å². The molecule has 1 unspecified atom stereocenters. The number of piperidine rings is 1. The molecule has 32 heavy (non-hydrogen) atoms. The number of benzene rings is 1. The molecule has 1 atom stereocenters. The molecule has 1 amide bonds. The molecule has 3 heterocycles. The van der Waals surface area contributed by atoms with Crippen molar-refractivity contribution < 1.29 is 17.6 Å². The molecule has 1 aromatic carbocycles. The van der Waals surface area contributed by atoms with E-state index in [9.17, 15) is 17.6 Å². The van der Waals surface area contributed by atoms with Crippen molar-refractivity contribution >= 4 is 33.3 Å². The summed E-state index contributed by atoms with van der Waals surface area (Å²) in [6.45, 7) is 0.540. The van der Waals surface area contributed by atoms with E-state index in [0.717, 1.165) is 0 Å². The Morgan fingerprint density at radius 1 is 1.31 bits per heavy atom. The Bertz CT molecular complexity index is 1240. The van der Waals surface area contributed by atoms with Gasteiger partial charge in [0.1, 0.15) is 15.7 Å². The van der Waals surface area contributed by atoms with Crippen LogP contribution in [0.2, 0.25) is 5.02 Å². The fraction of sp³-hybridized carbons (Fsp3) is 0.350. The fourth-order valence-electron chi connectivity index (χ4n) is 3.64. The van der Waals surface area contributed by atoms with E-state index in [2.05, 4.69) is 15.5 Å². The van der Waals surface area contributed by atoms with Crippen LogP contribution in [0.5, 0.6) is 0 Å². The second-order valence-corrected chi connectivity index (χ2v) is 10.0. The minimum Gasteiger partial charge on any atom is -0.308 e. The summed E-state index contributed by atoms with van der Waals surface area (Å²) in [5, 5.41) is 11.1. The minimum absolute atomic E-state index is 0.0522. The second kappa shape index (κ2) is 9.00. The Morgan fingerprint density at radius 3 is 2.81 bits per heavy atom. The van der Waals surface area contributed by atoms with Crippen LogP contribution in [0.3, 0.4) is 0 Å². The van der Waals surface area contributed by atoms with Gasteiger partial charge in [-0.1, -0.05) is 29.8 Å². The summed E-state index contributed by atoms with van der Waals surface area (Å²) in [4.78, 5) is 12.9. The molecule has 1 fully saturated rings. The lowest BCUT2D eigenvalue weighted by atomic mass is 9.99. The molecular weight excluding hydrogens is 459 g/mol. The molecule has 0 saturated carbocycles. The molecule has 0 spiro atoms. The number of nitrogens with one attached hydrogen (secondary N) is 1. The van der Waals surface area contributed by atoms with Gasteiger partial charge in [0.25, 0.3) is 0 Å². The van der Waals surface area contributed by atoms with Crippen molar-refractivity contribution in [2.24, 2.45) is 13.0 Å². The number of carbonyl (C=O) groups is 1. The zero-order valence-electron chi connectivity index (χ0n) is 17.3. The van der Waals surface area contributed by atoms with E-state index in [1.54, 1.807) is 25.2 Å². The molecule has 1 saturated heterocycles. The Balaban J connectivity index is 1.44. The molecule has 0 aliphatic carbocycles. The Kier molecular flexibility index (Phi) is 6.31. The molecule has 1 aliphatic rings. The number of amides is 1. The SMILES string of the molecule is Cn1cc(S(=O)(=O)N2CCCC(C(=O)Nc3nn(Cc4ccccc4F)cc3Cl)C2)cn1. The molecule has 170 valence electrons. The van der Waals surface area contributed by atoms with Crippen molar-refractivity contribution in [2.75, 3.05) is 18.4 Å². The quantitative estimate of drug-likeness (QED) is 0.584. The van der Waals surface area contributed by atoms with E-state index in [-0.39, 0.29) is 40.5 Å². The van der Waals surface area contributed by atoms with E-state index < -0.39 is 15.9 Å². The van der Waals surface area contributed by atoms with Crippen LogP contribution in [-0.2, 0) is 28.4 Å². The van der Waals surface area contributed by atoms with E-state index >= 15 is 0 Å². The van der Waals surface area contributed by atoms with Gasteiger partial charge in [0.2, 0.25) is 15.9 Å². The highest BCUT2D eigenvalue weighted by Gasteiger charge is 2.34. The number of sulfonamides is 1. The molecule has 9 nitrogen and oxygen atoms in total. The maximum Gasteiger partial charge on any atom is 0.246 e. The van der Waals surface area contributed by atoms with Gasteiger partial charge in [-0.2, -0.15) is 14.5 Å². The normalized spacial score (nSPS) is 17.4. The van der Waals surface area contributed by atoms with Crippen LogP contribution in [0.25, 0.3) is 0 Å². The van der Waals surface area contributed by atoms with Crippen LogP contribution in [0.15, 0.2) is 47.8 Å². The average molecular weight is 481 g/mol. The number of halogens is 2. The summed E-state index contributed by atoms with van der Waals surface area (Å²) in [6, 6.07) is 6.32. The van der Waals surface area contributed by atoms with E-state index in [1.807, 2.05) is 0 Å². The number of hydrogen-bond acceptors (Lipinski definition) is 5. The van der Waals surface area contributed by atoms with Gasteiger partial charge in [0.05, 0.1) is 18.7 Å². The van der Waals surface area contributed by atoms with Gasteiger partial charge in [0, 0.05) is 38.1 Å². The summed E-state index contributed by atoms with van der Waals surface area (Å²) >= 11 is 6.21. The first-order valence-corrected chi connectivity index (χ1v) is 11.8. The lowest BCUT2D eigenvalue weighted by molar-refractivity contribution is -0.120. The summed E-state index contributed by atoms with van der Waals surface area (Å²) in [5.41, 5.74) is 0.438. The van der Waals surface area contributed by atoms with E-state index in [1.165, 1.54) is 38.3 Å². The van der Waals surface area contributed by atoms with Crippen LogP contribution in [0, 0.1) is 11.7 Å². The maximum absolute atomic E-state index is 13.9. The summed E-state index contributed by atoms with van der Waals surface area (Å²) in [6.07, 6.45) is 5.32. The first-order chi connectivity index (χ1) is 15.2. The lowest BCUT2D eigenvalue weighted by Crippen LogP contribution is -2.43. The van der Waals surface area contributed by atoms with Crippen molar-refractivity contribution in [3.8, 4) is 0 Å². The smallest absolute Gasteiger partial charge is 0.246 e. The summed E-state index contributed by atoms with van der Waals surface area (Å²) < 4.78 is 43.8. The van der Waals surface area contributed by atoms with Crippen LogP contribution in [0.1, 0.15) is 18.4 Å². The summed E-state index contributed by atoms with van der Waals surface area (Å²) in [7, 11) is -2.10. The predicted octanol–water partition coefficient (Wildman–Crippen LogP) is 2.50. The maximum atomic E-state index is 13.9. The van der Waals surface area contributed by atoms with Gasteiger partial charge < -0.3 is 5.32 Å². The van der Waals surface area contributed by atoms with Crippen molar-refractivity contribution in [3.63, 3.8) is 0 Å². The molecule has 3 aromatic rings. The van der Waals surface area contributed by atoms with Crippen LogP contribution >= 0.6 is 11.6 Å². The third-order valence-electron chi connectivity index (χ3n) is 5.32. The van der Waals surface area contributed by atoms with Crippen LogP contribution in [0.4, 0.5) is 10.2 Å². The molecule has 12 heteroatoms. The Hall–Kier alpha value is -2.76. The molecule has 0 bridgehead atoms. The third-order valence-corrected chi connectivity index (χ3v) is 7.42. The first-order valence-electron chi connectivity index (χ1n) is 10.00. The van der Waals surface area contributed by atoms with Gasteiger partial charge in [-0.25, -0.2) is 12.8 Å². The summed E-state index contributed by atoms with van der Waals surface area (Å²) in [5.74, 6) is -1.13. The van der Waals surface area contributed by atoms with E-state index in [4.69, 9.17) is 11.6 Å². The largest absolute Gasteiger partial charge is 0.308 e. The number of aromatic nitrogens is 4. The fourth-order valence-corrected chi connectivity index (χ4v) is 5.35. The topological polar surface area (TPSA) is 102 Å². The average Bonchev–Trinajstić information content (AvgIpc) is 3.35. The van der Waals surface area contributed by atoms with Gasteiger partial charge in [0.15, 0.2) is 5.82 Å². The van der Waals surface area contributed by atoms with Crippen molar-refractivity contribution in [3.05, 3.63) is 59.3 Å². The highest BCUT2D eigenvalue weighted by molar-refractivity contribution is 7.89. The molecule has 4 rings (SSSR count). The van der Waals surface area contributed by atoms with Crippen LogP contribution < -0.4 is 5.32 Å². The molecule has 1 N–H and O–H groups in total. The second-order valence-electron chi connectivity index (χ2n) is 7.66. The molecule has 2 aromatic heterocycles. The number of hydrogen-bond donors (Lipinski definition) is 1. The van der Waals surface area contributed by atoms with Gasteiger partial charge in [-0.3, -0.25) is 14.2 Å². The Morgan fingerprint density at radius 2 is 2.09 bits per heavy atom. The number of nitrogens with zero attached hydrogens (tertiary/aromatic N) is 5. The highest BCUT2D eigenvalue weighted by atomic mass is 35.5. The number of anilines is 1. The zero-order valence-corrected chi connectivity index (χ0v) is 18.9. The molecular formula is C20H22ClFN6O3S. The molecule has 0 radical (unpaired) electrons. The number of rotatable bonds is 6. The van der Waals surface area contributed by atoms with Gasteiger partial charge >= 0.3 is 0 Å². The monoisotopic (exact) mass is 480 g/mol. The van der Waals surface area contributed by atoms with Gasteiger partial charge in [-0.15, -0.1) is 0 Å². The first kappa shape index (κ1) is 22.4. The predicted molar refractivity (Wildman–Crippen MR) is 116 cm³/mol. The highest BCUT2D eigenvalue weighted by Crippen LogP contribution is 2.26. The molecule has 1 aliphatic heterocycles. The van der Waals surface area contributed by atoms with Crippen LogP contribution in [-0.4, -0.2) is 51.3 Å². The minimum atomic E-state index is -3.73.